The molecule has 0 saturated heterocycles. The molecule has 0 saturated carbocycles. The molecule has 3 aromatic rings. The van der Waals surface area contributed by atoms with Gasteiger partial charge in [-0.25, -0.2) is 8.42 Å². The Morgan fingerprint density at radius 3 is 2.41 bits per heavy atom. The molecule has 8 heteroatoms. The molecule has 0 unspecified atom stereocenters. The van der Waals surface area contributed by atoms with Gasteiger partial charge in [-0.05, 0) is 61.6 Å². The maximum atomic E-state index is 13.6. The Balaban J connectivity index is 1.99. The zero-order valence-electron chi connectivity index (χ0n) is 18.1. The smallest absolute Gasteiger partial charge is 0.264 e. The van der Waals surface area contributed by atoms with Crippen LogP contribution >= 0.6 is 23.4 Å². The molecule has 0 bridgehead atoms. The van der Waals surface area contributed by atoms with Crippen LogP contribution in [0.3, 0.4) is 0 Å². The van der Waals surface area contributed by atoms with Gasteiger partial charge in [-0.15, -0.1) is 11.8 Å². The molecule has 0 heterocycles. The van der Waals surface area contributed by atoms with Crippen molar-refractivity contribution < 1.29 is 13.2 Å². The van der Waals surface area contributed by atoms with Gasteiger partial charge in [-0.2, -0.15) is 0 Å². The Morgan fingerprint density at radius 1 is 1.03 bits per heavy atom. The standard InChI is InChI=1S/C24H25ClN2O3S2/c1-4-31-23-8-6-5-7-21(23)26-24(28)16-27(22-15-19(25)12-11-18(22)3)32(29,30)20-13-9-17(2)10-14-20/h5-15H,4,16H2,1-3H3,(H,26,28). The molecular formula is C24H25ClN2O3S2. The minimum atomic E-state index is -4.01. The minimum Gasteiger partial charge on any atom is -0.323 e. The number of hydrogen-bond acceptors (Lipinski definition) is 4. The lowest BCUT2D eigenvalue weighted by Crippen LogP contribution is -2.38. The topological polar surface area (TPSA) is 66.5 Å². The Kier molecular flexibility index (Phi) is 7.87. The molecule has 0 aromatic heterocycles. The van der Waals surface area contributed by atoms with E-state index in [4.69, 9.17) is 11.6 Å². The number of aryl methyl sites for hydroxylation is 2. The van der Waals surface area contributed by atoms with E-state index in [9.17, 15) is 13.2 Å². The fraction of sp³-hybridized carbons (Fsp3) is 0.208. The number of benzene rings is 3. The summed E-state index contributed by atoms with van der Waals surface area (Å²) in [7, 11) is -4.01. The summed E-state index contributed by atoms with van der Waals surface area (Å²) < 4.78 is 28.2. The molecule has 1 amide bonds. The molecule has 0 fully saturated rings. The van der Waals surface area contributed by atoms with Gasteiger partial charge in [0.2, 0.25) is 5.91 Å². The van der Waals surface area contributed by atoms with Gasteiger partial charge >= 0.3 is 0 Å². The van der Waals surface area contributed by atoms with Crippen molar-refractivity contribution in [2.24, 2.45) is 0 Å². The van der Waals surface area contributed by atoms with Gasteiger partial charge in [-0.3, -0.25) is 9.10 Å². The number of hydrogen-bond donors (Lipinski definition) is 1. The highest BCUT2D eigenvalue weighted by atomic mass is 35.5. The molecule has 0 atom stereocenters. The van der Waals surface area contributed by atoms with Crippen LogP contribution in [0, 0.1) is 13.8 Å². The highest BCUT2D eigenvalue weighted by molar-refractivity contribution is 7.99. The predicted molar refractivity (Wildman–Crippen MR) is 133 cm³/mol. The van der Waals surface area contributed by atoms with E-state index in [1.807, 2.05) is 32.0 Å². The predicted octanol–water partition coefficient (Wildman–Crippen LogP) is 5.90. The van der Waals surface area contributed by atoms with Crippen LogP contribution in [0.1, 0.15) is 18.1 Å². The second-order valence-corrected chi connectivity index (χ2v) is 10.8. The first-order valence-corrected chi connectivity index (χ1v) is 12.9. The van der Waals surface area contributed by atoms with Crippen LogP contribution < -0.4 is 9.62 Å². The van der Waals surface area contributed by atoms with Crippen LogP contribution in [0.15, 0.2) is 76.5 Å². The van der Waals surface area contributed by atoms with E-state index in [1.54, 1.807) is 67.2 Å². The summed E-state index contributed by atoms with van der Waals surface area (Å²) in [4.78, 5) is 14.1. The van der Waals surface area contributed by atoms with Crippen LogP contribution in [0.4, 0.5) is 11.4 Å². The number of halogens is 1. The van der Waals surface area contributed by atoms with Crippen LogP contribution in [0.5, 0.6) is 0 Å². The summed E-state index contributed by atoms with van der Waals surface area (Å²) in [6.07, 6.45) is 0. The second-order valence-electron chi connectivity index (χ2n) is 7.23. The molecule has 32 heavy (non-hydrogen) atoms. The number of rotatable bonds is 8. The summed E-state index contributed by atoms with van der Waals surface area (Å²) >= 11 is 7.78. The van der Waals surface area contributed by atoms with E-state index >= 15 is 0 Å². The molecule has 0 aliphatic carbocycles. The van der Waals surface area contributed by atoms with Crippen molar-refractivity contribution in [1.82, 2.24) is 0 Å². The van der Waals surface area contributed by atoms with Crippen molar-refractivity contribution in [3.8, 4) is 0 Å². The number of amides is 1. The van der Waals surface area contributed by atoms with Gasteiger partial charge in [0.15, 0.2) is 0 Å². The summed E-state index contributed by atoms with van der Waals surface area (Å²) in [6, 6.07) is 19.0. The van der Waals surface area contributed by atoms with Crippen molar-refractivity contribution in [3.05, 3.63) is 82.9 Å². The Bertz CT molecular complexity index is 1210. The highest BCUT2D eigenvalue weighted by Crippen LogP contribution is 2.30. The number of carbonyl (C=O) groups is 1. The number of nitrogens with zero attached hydrogens (tertiary/aromatic N) is 1. The number of anilines is 2. The van der Waals surface area contributed by atoms with E-state index in [1.165, 1.54) is 0 Å². The third kappa shape index (κ3) is 5.65. The molecule has 0 radical (unpaired) electrons. The van der Waals surface area contributed by atoms with E-state index in [0.717, 1.165) is 20.5 Å². The Labute approximate surface area is 198 Å². The number of carbonyl (C=O) groups excluding carboxylic acids is 1. The zero-order valence-corrected chi connectivity index (χ0v) is 20.5. The minimum absolute atomic E-state index is 0.109. The Hall–Kier alpha value is -2.48. The van der Waals surface area contributed by atoms with Crippen LogP contribution in [0.25, 0.3) is 0 Å². The highest BCUT2D eigenvalue weighted by Gasteiger charge is 2.28. The third-order valence-corrected chi connectivity index (χ3v) is 7.76. The largest absolute Gasteiger partial charge is 0.323 e. The van der Waals surface area contributed by atoms with E-state index < -0.39 is 15.9 Å². The van der Waals surface area contributed by atoms with Crippen molar-refractivity contribution in [2.75, 3.05) is 21.9 Å². The van der Waals surface area contributed by atoms with Gasteiger partial charge in [-0.1, -0.05) is 54.4 Å². The maximum Gasteiger partial charge on any atom is 0.264 e. The lowest BCUT2D eigenvalue weighted by molar-refractivity contribution is -0.114. The average Bonchev–Trinajstić information content (AvgIpc) is 2.76. The van der Waals surface area contributed by atoms with Crippen molar-refractivity contribution in [3.63, 3.8) is 0 Å². The normalized spacial score (nSPS) is 11.2. The monoisotopic (exact) mass is 488 g/mol. The fourth-order valence-corrected chi connectivity index (χ4v) is 5.56. The number of sulfonamides is 1. The van der Waals surface area contributed by atoms with Crippen molar-refractivity contribution in [1.29, 1.82) is 0 Å². The lowest BCUT2D eigenvalue weighted by Gasteiger charge is -2.26. The summed E-state index contributed by atoms with van der Waals surface area (Å²) in [5, 5.41) is 3.25. The van der Waals surface area contributed by atoms with Gasteiger partial charge in [0, 0.05) is 9.92 Å². The first kappa shape index (κ1) is 24.2. The molecule has 168 valence electrons. The van der Waals surface area contributed by atoms with Gasteiger partial charge in [0.05, 0.1) is 16.3 Å². The van der Waals surface area contributed by atoms with Crippen molar-refractivity contribution in [2.45, 2.75) is 30.6 Å². The molecule has 5 nitrogen and oxygen atoms in total. The molecule has 1 N–H and O–H groups in total. The molecular weight excluding hydrogens is 464 g/mol. The number of nitrogens with one attached hydrogen (secondary N) is 1. The Morgan fingerprint density at radius 2 is 1.72 bits per heavy atom. The number of thioether (sulfide) groups is 1. The molecule has 0 aliphatic heterocycles. The molecule has 3 aromatic carbocycles. The number of para-hydroxylation sites is 1. The van der Waals surface area contributed by atoms with Crippen molar-refractivity contribution >= 4 is 50.7 Å². The summed E-state index contributed by atoms with van der Waals surface area (Å²) in [6.45, 7) is 5.31. The molecule has 0 aliphatic rings. The first-order chi connectivity index (χ1) is 15.2. The lowest BCUT2D eigenvalue weighted by atomic mass is 10.2. The van der Waals surface area contributed by atoms with Gasteiger partial charge in [0.25, 0.3) is 10.0 Å². The second kappa shape index (κ2) is 10.4. The van der Waals surface area contributed by atoms with Crippen LogP contribution in [-0.4, -0.2) is 26.6 Å². The first-order valence-electron chi connectivity index (χ1n) is 10.1. The van der Waals surface area contributed by atoms with E-state index in [2.05, 4.69) is 5.32 Å². The molecule has 0 spiro atoms. The maximum absolute atomic E-state index is 13.6. The summed E-state index contributed by atoms with van der Waals surface area (Å²) in [5.74, 6) is 0.409. The third-order valence-electron chi connectivity index (χ3n) is 4.80. The fourth-order valence-electron chi connectivity index (χ4n) is 3.16. The molecule has 3 rings (SSSR count). The van der Waals surface area contributed by atoms with Crippen LogP contribution in [0.2, 0.25) is 5.02 Å². The van der Waals surface area contributed by atoms with Gasteiger partial charge in [0.1, 0.15) is 6.54 Å². The summed E-state index contributed by atoms with van der Waals surface area (Å²) in [5.41, 5.74) is 2.65. The van der Waals surface area contributed by atoms with E-state index in [0.29, 0.717) is 22.0 Å². The quantitative estimate of drug-likeness (QED) is 0.401. The van der Waals surface area contributed by atoms with Gasteiger partial charge < -0.3 is 5.32 Å². The average molecular weight is 489 g/mol. The zero-order chi connectivity index (χ0) is 23.3. The SMILES string of the molecule is CCSc1ccccc1NC(=O)CN(c1cc(Cl)ccc1C)S(=O)(=O)c1ccc(C)cc1. The van der Waals surface area contributed by atoms with Crippen LogP contribution in [-0.2, 0) is 14.8 Å². The van der Waals surface area contributed by atoms with E-state index in [-0.39, 0.29) is 11.4 Å².